The zero-order valence-corrected chi connectivity index (χ0v) is 28.2. The van der Waals surface area contributed by atoms with Crippen molar-refractivity contribution in [1.82, 2.24) is 0 Å². The van der Waals surface area contributed by atoms with Gasteiger partial charge in [-0.15, -0.1) is 5.16 Å². The molecule has 0 aliphatic heterocycles. The maximum Gasteiger partial charge on any atom is 0.305 e. The summed E-state index contributed by atoms with van der Waals surface area (Å²) in [5.74, 6) is 3.84. The number of carbonyl (C=O) groups is 1. The molecule has 0 heterocycles. The molecule has 218 valence electrons. The second-order valence-electron chi connectivity index (χ2n) is 15.8. The molecule has 38 heavy (non-hydrogen) atoms. The molecular formula is C31H57NO4Si2. The lowest BCUT2D eigenvalue weighted by molar-refractivity contribution is -0.141. The van der Waals surface area contributed by atoms with Crippen LogP contribution < -0.4 is 0 Å². The van der Waals surface area contributed by atoms with Gasteiger partial charge in [-0.25, -0.2) is 0 Å². The van der Waals surface area contributed by atoms with Gasteiger partial charge in [0.1, 0.15) is 0 Å². The summed E-state index contributed by atoms with van der Waals surface area (Å²) in [5, 5.41) is 5.10. The van der Waals surface area contributed by atoms with Crippen LogP contribution in [0.3, 0.4) is 0 Å². The van der Waals surface area contributed by atoms with Crippen LogP contribution in [-0.2, 0) is 18.5 Å². The number of fused-ring (bicyclic) bond motifs is 5. The van der Waals surface area contributed by atoms with Crippen molar-refractivity contribution in [2.45, 2.75) is 130 Å². The van der Waals surface area contributed by atoms with E-state index in [1.54, 1.807) is 0 Å². The zero-order valence-electron chi connectivity index (χ0n) is 26.2. The number of ether oxygens (including phenoxy) is 1. The molecule has 5 nitrogen and oxygen atoms in total. The minimum atomic E-state index is -1.79. The molecule has 0 aromatic heterocycles. The van der Waals surface area contributed by atoms with Crippen molar-refractivity contribution in [1.29, 1.82) is 0 Å². The molecule has 4 rings (SSSR count). The van der Waals surface area contributed by atoms with E-state index in [1.807, 2.05) is 0 Å². The van der Waals surface area contributed by atoms with E-state index in [1.165, 1.54) is 57.8 Å². The molecule has 0 N–H and O–H groups in total. The fourth-order valence-corrected chi connectivity index (χ4v) is 11.1. The number of hydrogen-bond donors (Lipinski definition) is 0. The highest BCUT2D eigenvalue weighted by Gasteiger charge is 2.63. The van der Waals surface area contributed by atoms with Gasteiger partial charge in [-0.1, -0.05) is 20.8 Å². The number of nitrogens with zero attached hydrogens (tertiary/aromatic N) is 1. The van der Waals surface area contributed by atoms with Gasteiger partial charge < -0.3 is 13.7 Å². The SMILES string of the molecule is COC(=O)CCC(C)C1CCC2C3CC[C@@H]4C[C@@H](O[Si](C)(C)C)CCC4(C)C3CC(=NO[Si](C)(C)C)C12C. The monoisotopic (exact) mass is 563 g/mol. The standard InChI is InChI=1S/C31H57NO4Si2/c1-21(11-16-29(33)34-4)25-14-15-26-24-13-12-22-19-23(35-37(5,6)7)17-18-30(22,2)27(24)20-28(31(25,26)3)32-36-38(8,9)10/h21-27H,11-20H2,1-10H3/t21?,22-,23+,24?,25?,26?,27?,30?,31?/m1/s1. The Morgan fingerprint density at radius 3 is 2.34 bits per heavy atom. The first-order valence-corrected chi connectivity index (χ1v) is 22.4. The van der Waals surface area contributed by atoms with E-state index < -0.39 is 16.6 Å². The summed E-state index contributed by atoms with van der Waals surface area (Å²) in [5.41, 5.74) is 1.79. The van der Waals surface area contributed by atoms with Crippen LogP contribution in [-0.4, -0.2) is 41.5 Å². The van der Waals surface area contributed by atoms with Crippen LogP contribution in [0, 0.1) is 46.3 Å². The Kier molecular flexibility index (Phi) is 8.74. The van der Waals surface area contributed by atoms with Gasteiger partial charge in [0, 0.05) is 17.9 Å². The van der Waals surface area contributed by atoms with E-state index in [0.717, 1.165) is 24.7 Å². The molecule has 0 aromatic carbocycles. The predicted octanol–water partition coefficient (Wildman–Crippen LogP) is 8.27. The maximum atomic E-state index is 12.0. The molecule has 0 amide bonds. The van der Waals surface area contributed by atoms with Crippen molar-refractivity contribution in [3.05, 3.63) is 0 Å². The summed E-state index contributed by atoms with van der Waals surface area (Å²) >= 11 is 0. The third kappa shape index (κ3) is 6.00. The van der Waals surface area contributed by atoms with E-state index >= 15 is 0 Å². The van der Waals surface area contributed by atoms with Crippen molar-refractivity contribution < 1.29 is 18.5 Å². The average molecular weight is 564 g/mol. The number of rotatable bonds is 8. The first-order chi connectivity index (χ1) is 17.6. The van der Waals surface area contributed by atoms with Crippen LogP contribution in [0.5, 0.6) is 0 Å². The van der Waals surface area contributed by atoms with Gasteiger partial charge in [0.2, 0.25) is 0 Å². The summed E-state index contributed by atoms with van der Waals surface area (Å²) in [6.45, 7) is 21.3. The van der Waals surface area contributed by atoms with Crippen LogP contribution in [0.4, 0.5) is 0 Å². The van der Waals surface area contributed by atoms with Gasteiger partial charge >= 0.3 is 5.97 Å². The van der Waals surface area contributed by atoms with Gasteiger partial charge in [0.15, 0.2) is 8.32 Å². The molecule has 7 unspecified atom stereocenters. The third-order valence-electron chi connectivity index (χ3n) is 11.2. The summed E-state index contributed by atoms with van der Waals surface area (Å²) in [6, 6.07) is 0. The lowest BCUT2D eigenvalue weighted by Crippen LogP contribution is -2.58. The molecule has 0 spiro atoms. The van der Waals surface area contributed by atoms with Gasteiger partial charge in [-0.2, -0.15) is 0 Å². The highest BCUT2D eigenvalue weighted by atomic mass is 28.4. The molecule has 9 atom stereocenters. The van der Waals surface area contributed by atoms with Crippen LogP contribution in [0.1, 0.15) is 85.0 Å². The second kappa shape index (κ2) is 11.0. The highest BCUT2D eigenvalue weighted by Crippen LogP contribution is 2.67. The Morgan fingerprint density at radius 2 is 1.71 bits per heavy atom. The smallest absolute Gasteiger partial charge is 0.305 e. The Labute approximate surface area is 235 Å². The Balaban J connectivity index is 1.62. The topological polar surface area (TPSA) is 57.1 Å². The molecule has 4 aliphatic rings. The van der Waals surface area contributed by atoms with Gasteiger partial charge in [-0.3, -0.25) is 4.79 Å². The summed E-state index contributed by atoms with van der Waals surface area (Å²) in [6.07, 6.45) is 12.0. The quantitative estimate of drug-likeness (QED) is 0.169. The van der Waals surface area contributed by atoms with Crippen LogP contribution >= 0.6 is 0 Å². The lowest BCUT2D eigenvalue weighted by Gasteiger charge is -2.61. The average Bonchev–Trinajstić information content (AvgIpc) is 3.17. The first-order valence-electron chi connectivity index (χ1n) is 15.6. The molecule has 4 aliphatic carbocycles. The van der Waals surface area contributed by atoms with Crippen LogP contribution in [0.25, 0.3) is 0 Å². The minimum Gasteiger partial charge on any atom is -0.469 e. The first kappa shape index (κ1) is 30.3. The number of methoxy groups -OCH3 is 1. The molecule has 0 bridgehead atoms. The molecule has 0 aromatic rings. The van der Waals surface area contributed by atoms with Crippen molar-refractivity contribution in [2.24, 2.45) is 51.5 Å². The van der Waals surface area contributed by atoms with Gasteiger partial charge in [-0.05, 0) is 138 Å². The van der Waals surface area contributed by atoms with Gasteiger partial charge in [0.05, 0.1) is 12.8 Å². The fraction of sp³-hybridized carbons (Fsp3) is 0.935. The predicted molar refractivity (Wildman–Crippen MR) is 161 cm³/mol. The van der Waals surface area contributed by atoms with E-state index in [-0.39, 0.29) is 11.4 Å². The summed E-state index contributed by atoms with van der Waals surface area (Å²) < 4.78 is 18.0. The molecule has 0 radical (unpaired) electrons. The normalized spacial score (nSPS) is 41.2. The molecule has 4 saturated carbocycles. The third-order valence-corrected chi connectivity index (χ3v) is 12.9. The Hall–Kier alpha value is -0.666. The number of hydrogen-bond acceptors (Lipinski definition) is 5. The van der Waals surface area contributed by atoms with Gasteiger partial charge in [0.25, 0.3) is 8.32 Å². The van der Waals surface area contributed by atoms with Crippen molar-refractivity contribution in [3.63, 3.8) is 0 Å². The molecule has 7 heteroatoms. The Morgan fingerprint density at radius 1 is 1.00 bits per heavy atom. The number of esters is 1. The maximum absolute atomic E-state index is 12.0. The van der Waals surface area contributed by atoms with E-state index in [2.05, 4.69) is 60.1 Å². The Bertz CT molecular complexity index is 895. The van der Waals surface area contributed by atoms with Crippen LogP contribution in [0.15, 0.2) is 5.16 Å². The van der Waals surface area contributed by atoms with E-state index in [4.69, 9.17) is 18.8 Å². The van der Waals surface area contributed by atoms with Crippen LogP contribution in [0.2, 0.25) is 39.3 Å². The lowest BCUT2D eigenvalue weighted by atomic mass is 9.44. The van der Waals surface area contributed by atoms with Crippen molar-refractivity contribution >= 4 is 28.3 Å². The second-order valence-corrected chi connectivity index (χ2v) is 24.7. The number of carbonyl (C=O) groups excluding carboxylic acids is 1. The molecule has 0 saturated heterocycles. The zero-order chi connectivity index (χ0) is 28.1. The van der Waals surface area contributed by atoms with E-state index in [0.29, 0.717) is 41.6 Å². The van der Waals surface area contributed by atoms with E-state index in [9.17, 15) is 4.79 Å². The fourth-order valence-electron chi connectivity index (χ4n) is 9.47. The number of oxime groups is 1. The van der Waals surface area contributed by atoms with Crippen molar-refractivity contribution in [2.75, 3.05) is 7.11 Å². The minimum absolute atomic E-state index is 0.0672. The molecule has 4 fully saturated rings. The summed E-state index contributed by atoms with van der Waals surface area (Å²) in [4.78, 5) is 12.0. The molecular weight excluding hydrogens is 507 g/mol. The highest BCUT2D eigenvalue weighted by molar-refractivity contribution is 6.70. The van der Waals surface area contributed by atoms with Crippen molar-refractivity contribution in [3.8, 4) is 0 Å². The largest absolute Gasteiger partial charge is 0.469 e. The summed E-state index contributed by atoms with van der Waals surface area (Å²) in [7, 11) is -1.81.